The number of anilines is 1. The highest BCUT2D eigenvalue weighted by Crippen LogP contribution is 2.31. The fourth-order valence-electron chi connectivity index (χ4n) is 4.50. The maximum Gasteiger partial charge on any atom is 0.216 e. The van der Waals surface area contributed by atoms with E-state index in [2.05, 4.69) is 40.7 Å². The Hall–Kier alpha value is -4.12. The lowest BCUT2D eigenvalue weighted by Gasteiger charge is -2.11. The van der Waals surface area contributed by atoms with Crippen molar-refractivity contribution in [3.05, 3.63) is 96.2 Å². The van der Waals surface area contributed by atoms with E-state index in [4.69, 9.17) is 4.98 Å². The highest BCUT2D eigenvalue weighted by Gasteiger charge is 2.24. The fraction of sp³-hybridized carbons (Fsp3) is 0.200. The van der Waals surface area contributed by atoms with Crippen LogP contribution in [0.5, 0.6) is 0 Å². The third-order valence-electron chi connectivity index (χ3n) is 6.37. The van der Waals surface area contributed by atoms with Gasteiger partial charge in [0.1, 0.15) is 11.4 Å². The highest BCUT2D eigenvalue weighted by molar-refractivity contribution is 6.11. The summed E-state index contributed by atoms with van der Waals surface area (Å²) in [6.45, 7) is 3.05. The zero-order chi connectivity index (χ0) is 24.4. The highest BCUT2D eigenvalue weighted by atomic mass is 16.1. The summed E-state index contributed by atoms with van der Waals surface area (Å²) < 4.78 is 4.28. The smallest absolute Gasteiger partial charge is 0.216 e. The Morgan fingerprint density at radius 3 is 2.29 bits per heavy atom. The van der Waals surface area contributed by atoms with E-state index < -0.39 is 0 Å². The molecule has 2 heterocycles. The first-order valence-corrected chi connectivity index (χ1v) is 12.1. The number of benzene rings is 3. The first kappa shape index (κ1) is 22.7. The molecule has 0 spiro atoms. The lowest BCUT2D eigenvalue weighted by molar-refractivity contribution is 0.104. The fourth-order valence-corrected chi connectivity index (χ4v) is 4.50. The van der Waals surface area contributed by atoms with Gasteiger partial charge in [0.15, 0.2) is 0 Å². The predicted octanol–water partition coefficient (Wildman–Crippen LogP) is 6.72. The van der Waals surface area contributed by atoms with E-state index >= 15 is 0 Å². The van der Waals surface area contributed by atoms with Crippen LogP contribution in [0.4, 0.5) is 5.69 Å². The van der Waals surface area contributed by atoms with Crippen molar-refractivity contribution in [2.45, 2.75) is 26.3 Å². The molecule has 0 saturated carbocycles. The molecule has 2 aromatic heterocycles. The summed E-state index contributed by atoms with van der Waals surface area (Å²) in [4.78, 5) is 20.9. The van der Waals surface area contributed by atoms with Crippen LogP contribution >= 0.6 is 0 Å². The third kappa shape index (κ3) is 4.26. The zero-order valence-corrected chi connectivity index (χ0v) is 20.5. The van der Waals surface area contributed by atoms with Gasteiger partial charge in [-0.3, -0.25) is 9.20 Å². The van der Waals surface area contributed by atoms with Crippen molar-refractivity contribution in [1.82, 2.24) is 14.0 Å². The van der Waals surface area contributed by atoms with Crippen molar-refractivity contribution in [2.75, 3.05) is 19.0 Å². The molecular formula is C30H30N4O. The Morgan fingerprint density at radius 1 is 0.914 bits per heavy atom. The number of unbranched alkanes of at least 4 members (excludes halogenated alkanes) is 1. The van der Waals surface area contributed by atoms with Crippen LogP contribution in [0.25, 0.3) is 34.1 Å². The number of para-hydroxylation sites is 2. The van der Waals surface area contributed by atoms with Crippen LogP contribution < -0.4 is 4.90 Å². The number of aromatic nitrogens is 3. The van der Waals surface area contributed by atoms with Gasteiger partial charge in [0, 0.05) is 31.9 Å². The van der Waals surface area contributed by atoms with E-state index in [0.29, 0.717) is 11.4 Å². The molecule has 5 rings (SSSR count). The molecule has 5 aromatic rings. The Labute approximate surface area is 206 Å². The monoisotopic (exact) mass is 462 g/mol. The summed E-state index contributed by atoms with van der Waals surface area (Å²) in [5.74, 6) is 0.747. The SMILES string of the molecule is CCCCn1c2ccccc2n2c(C(=O)/C=C/c3ccc(N(C)C)cc3)c(-c3ccccc3)nc12. The van der Waals surface area contributed by atoms with Crippen LogP contribution in [0.15, 0.2) is 84.9 Å². The number of fused-ring (bicyclic) bond motifs is 3. The van der Waals surface area contributed by atoms with Crippen molar-refractivity contribution >= 4 is 34.4 Å². The molecule has 3 aromatic carbocycles. The molecule has 0 radical (unpaired) electrons. The number of nitrogens with zero attached hydrogens (tertiary/aromatic N) is 4. The van der Waals surface area contributed by atoms with Gasteiger partial charge in [-0.25, -0.2) is 4.98 Å². The molecule has 0 aliphatic rings. The molecule has 0 fully saturated rings. The number of hydrogen-bond donors (Lipinski definition) is 0. The van der Waals surface area contributed by atoms with Crippen LogP contribution in [0, 0.1) is 0 Å². The van der Waals surface area contributed by atoms with E-state index in [9.17, 15) is 4.79 Å². The minimum absolute atomic E-state index is 0.0635. The standard InChI is InChI=1S/C30H30N4O/c1-4-5-21-33-25-13-9-10-14-26(25)34-29(28(31-30(33)34)23-11-7-6-8-12-23)27(35)20-17-22-15-18-24(19-16-22)32(2)3/h6-20H,4-5,21H2,1-3H3/b20-17+. The Balaban J connectivity index is 1.67. The number of aryl methyl sites for hydroxylation is 1. The van der Waals surface area contributed by atoms with E-state index in [1.165, 1.54) is 0 Å². The molecule has 0 amide bonds. The molecule has 0 N–H and O–H groups in total. The van der Waals surface area contributed by atoms with Crippen molar-refractivity contribution < 1.29 is 4.79 Å². The molecule has 5 nitrogen and oxygen atoms in total. The molecule has 5 heteroatoms. The van der Waals surface area contributed by atoms with E-state index in [-0.39, 0.29) is 5.78 Å². The maximum absolute atomic E-state index is 13.8. The summed E-state index contributed by atoms with van der Waals surface area (Å²) in [5, 5.41) is 0. The lowest BCUT2D eigenvalue weighted by atomic mass is 10.1. The number of carbonyl (C=O) groups excluding carboxylic acids is 1. The van der Waals surface area contributed by atoms with Gasteiger partial charge in [0.2, 0.25) is 11.6 Å². The van der Waals surface area contributed by atoms with Gasteiger partial charge in [-0.15, -0.1) is 0 Å². The molecule has 0 saturated heterocycles. The Morgan fingerprint density at radius 2 is 1.60 bits per heavy atom. The second-order valence-electron chi connectivity index (χ2n) is 8.99. The van der Waals surface area contributed by atoms with Gasteiger partial charge in [0.25, 0.3) is 0 Å². The van der Waals surface area contributed by atoms with E-state index in [1.807, 2.05) is 79.2 Å². The topological polar surface area (TPSA) is 42.5 Å². The summed E-state index contributed by atoms with van der Waals surface area (Å²) in [7, 11) is 4.03. The number of rotatable bonds is 8. The minimum Gasteiger partial charge on any atom is -0.378 e. The molecule has 0 bridgehead atoms. The van der Waals surface area contributed by atoms with Crippen molar-refractivity contribution in [3.8, 4) is 11.3 Å². The second-order valence-corrected chi connectivity index (χ2v) is 8.99. The molecule has 0 atom stereocenters. The lowest BCUT2D eigenvalue weighted by Crippen LogP contribution is -2.07. The largest absolute Gasteiger partial charge is 0.378 e. The average molecular weight is 463 g/mol. The number of carbonyl (C=O) groups is 1. The zero-order valence-electron chi connectivity index (χ0n) is 20.5. The third-order valence-corrected chi connectivity index (χ3v) is 6.37. The Bertz CT molecular complexity index is 1510. The van der Waals surface area contributed by atoms with Crippen molar-refractivity contribution in [1.29, 1.82) is 0 Å². The first-order chi connectivity index (χ1) is 17.1. The maximum atomic E-state index is 13.8. The normalized spacial score (nSPS) is 11.6. The number of ketones is 1. The Kier molecular flexibility index (Phi) is 6.23. The molecule has 0 aliphatic heterocycles. The van der Waals surface area contributed by atoms with Crippen LogP contribution in [-0.4, -0.2) is 33.8 Å². The molecule has 0 aliphatic carbocycles. The number of imidazole rings is 2. The van der Waals surface area contributed by atoms with Crippen molar-refractivity contribution in [2.24, 2.45) is 0 Å². The van der Waals surface area contributed by atoms with Gasteiger partial charge < -0.3 is 9.47 Å². The summed E-state index contributed by atoms with van der Waals surface area (Å²) >= 11 is 0. The number of allylic oxidation sites excluding steroid dienone is 1. The molecule has 176 valence electrons. The van der Waals surface area contributed by atoms with Gasteiger partial charge in [-0.1, -0.05) is 74.0 Å². The predicted molar refractivity (Wildman–Crippen MR) is 145 cm³/mol. The second kappa shape index (κ2) is 9.63. The van der Waals surface area contributed by atoms with Gasteiger partial charge in [-0.05, 0) is 42.3 Å². The molecule has 35 heavy (non-hydrogen) atoms. The van der Waals surface area contributed by atoms with Crippen LogP contribution in [0.3, 0.4) is 0 Å². The summed E-state index contributed by atoms with van der Waals surface area (Å²) in [6, 6.07) is 26.4. The van der Waals surface area contributed by atoms with E-state index in [1.54, 1.807) is 6.08 Å². The van der Waals surface area contributed by atoms with Gasteiger partial charge in [-0.2, -0.15) is 0 Å². The van der Waals surface area contributed by atoms with Crippen LogP contribution in [0.2, 0.25) is 0 Å². The van der Waals surface area contributed by atoms with Crippen LogP contribution in [-0.2, 0) is 6.54 Å². The molecular weight excluding hydrogens is 432 g/mol. The quantitative estimate of drug-likeness (QED) is 0.190. The molecule has 0 unspecified atom stereocenters. The van der Waals surface area contributed by atoms with Gasteiger partial charge in [0.05, 0.1) is 11.0 Å². The van der Waals surface area contributed by atoms with E-state index in [0.717, 1.165) is 53.0 Å². The minimum atomic E-state index is -0.0635. The first-order valence-electron chi connectivity index (χ1n) is 12.1. The summed E-state index contributed by atoms with van der Waals surface area (Å²) in [5.41, 5.74) is 6.46. The summed E-state index contributed by atoms with van der Waals surface area (Å²) in [6.07, 6.45) is 5.69. The number of hydrogen-bond acceptors (Lipinski definition) is 3. The van der Waals surface area contributed by atoms with Gasteiger partial charge >= 0.3 is 0 Å². The van der Waals surface area contributed by atoms with Crippen molar-refractivity contribution in [3.63, 3.8) is 0 Å². The van der Waals surface area contributed by atoms with Crippen LogP contribution in [0.1, 0.15) is 35.8 Å². The average Bonchev–Trinajstić information content (AvgIpc) is 3.42.